The first-order chi connectivity index (χ1) is 14.3. The van der Waals surface area contributed by atoms with E-state index in [0.717, 1.165) is 49.1 Å². The molecule has 0 unspecified atom stereocenters. The third kappa shape index (κ3) is 3.72. The van der Waals surface area contributed by atoms with Crippen molar-refractivity contribution in [2.45, 2.75) is 36.5 Å². The lowest BCUT2D eigenvalue weighted by molar-refractivity contribution is 0.0473. The molecule has 3 aromatic rings. The van der Waals surface area contributed by atoms with Gasteiger partial charge in [0.2, 0.25) is 9.84 Å². The number of rotatable bonds is 5. The molecule has 0 amide bonds. The molecule has 0 radical (unpaired) electrons. The Balaban J connectivity index is 1.56. The number of hydrogen-bond donors (Lipinski definition) is 0. The normalized spacial score (nSPS) is 13.6. The van der Waals surface area contributed by atoms with Crippen molar-refractivity contribution in [3.8, 4) is 0 Å². The second kappa shape index (κ2) is 7.64. The molecule has 9 heteroatoms. The number of fused-ring (bicyclic) bond motifs is 2. The number of halogens is 2. The summed E-state index contributed by atoms with van der Waals surface area (Å²) in [7, 11) is -4.74. The van der Waals surface area contributed by atoms with Gasteiger partial charge in [0.05, 0.1) is 10.5 Å². The van der Waals surface area contributed by atoms with Gasteiger partial charge < -0.3 is 9.15 Å². The predicted octanol–water partition coefficient (Wildman–Crippen LogP) is 3.64. The van der Waals surface area contributed by atoms with E-state index >= 15 is 0 Å². The van der Waals surface area contributed by atoms with E-state index in [1.54, 1.807) is 0 Å². The van der Waals surface area contributed by atoms with E-state index in [4.69, 9.17) is 9.15 Å². The van der Waals surface area contributed by atoms with Crippen molar-refractivity contribution in [2.75, 3.05) is 0 Å². The third-order valence-corrected chi connectivity index (χ3v) is 6.45. The van der Waals surface area contributed by atoms with Crippen molar-refractivity contribution < 1.29 is 31.1 Å². The molecule has 0 fully saturated rings. The minimum Gasteiger partial charge on any atom is -0.457 e. The summed E-state index contributed by atoms with van der Waals surface area (Å²) in [5, 5.41) is 0.682. The molecule has 156 valence electrons. The minimum absolute atomic E-state index is 0.00335. The molecule has 30 heavy (non-hydrogen) atoms. The average Bonchev–Trinajstić information content (AvgIpc) is 3.17. The van der Waals surface area contributed by atoms with Crippen molar-refractivity contribution in [2.24, 2.45) is 0 Å². The highest BCUT2D eigenvalue weighted by Crippen LogP contribution is 2.29. The number of esters is 1. The Kier molecular flexibility index (Phi) is 5.15. The lowest BCUT2D eigenvalue weighted by Gasteiger charge is -2.09. The van der Waals surface area contributed by atoms with Gasteiger partial charge in [0, 0.05) is 17.0 Å². The Bertz CT molecular complexity index is 1290. The van der Waals surface area contributed by atoms with Gasteiger partial charge in [-0.05, 0) is 66.8 Å². The summed E-state index contributed by atoms with van der Waals surface area (Å²) in [4.78, 5) is 23.6. The average molecular weight is 434 g/mol. The summed E-state index contributed by atoms with van der Waals surface area (Å²) >= 11 is 0. The quantitative estimate of drug-likeness (QED) is 0.450. The summed E-state index contributed by atoms with van der Waals surface area (Å²) in [6.07, 6.45) is 2.88. The van der Waals surface area contributed by atoms with E-state index in [-0.39, 0.29) is 12.2 Å². The van der Waals surface area contributed by atoms with Crippen LogP contribution in [-0.4, -0.2) is 20.1 Å². The van der Waals surface area contributed by atoms with Gasteiger partial charge >= 0.3 is 17.4 Å². The molecule has 0 saturated heterocycles. The molecule has 0 atom stereocenters. The van der Waals surface area contributed by atoms with Crippen LogP contribution in [0.1, 0.15) is 33.5 Å². The first-order valence-corrected chi connectivity index (χ1v) is 10.7. The lowest BCUT2D eigenvalue weighted by atomic mass is 10.0. The zero-order valence-corrected chi connectivity index (χ0v) is 16.4. The van der Waals surface area contributed by atoms with Crippen LogP contribution < -0.4 is 5.63 Å². The molecule has 0 N–H and O–H groups in total. The van der Waals surface area contributed by atoms with Crippen molar-refractivity contribution in [3.63, 3.8) is 0 Å². The number of alkyl halides is 2. The second-order valence-corrected chi connectivity index (χ2v) is 8.89. The number of hydrogen-bond acceptors (Lipinski definition) is 6. The van der Waals surface area contributed by atoms with E-state index in [1.165, 1.54) is 11.6 Å². The summed E-state index contributed by atoms with van der Waals surface area (Å²) in [5.74, 6) is -4.33. The number of ether oxygens (including phenoxy) is 1. The molecule has 0 bridgehead atoms. The van der Waals surface area contributed by atoms with E-state index < -0.39 is 32.1 Å². The molecular weight excluding hydrogens is 418 g/mol. The molecule has 0 spiro atoms. The van der Waals surface area contributed by atoms with Crippen LogP contribution in [0.5, 0.6) is 0 Å². The van der Waals surface area contributed by atoms with Crippen LogP contribution >= 0.6 is 0 Å². The highest BCUT2D eigenvalue weighted by atomic mass is 32.2. The molecule has 1 aliphatic rings. The largest absolute Gasteiger partial charge is 0.457 e. The highest BCUT2D eigenvalue weighted by molar-refractivity contribution is 7.91. The zero-order chi connectivity index (χ0) is 21.5. The minimum atomic E-state index is -4.74. The van der Waals surface area contributed by atoms with E-state index in [0.29, 0.717) is 16.5 Å². The van der Waals surface area contributed by atoms with Crippen LogP contribution in [0.4, 0.5) is 8.78 Å². The maximum absolute atomic E-state index is 12.6. The smallest absolute Gasteiger partial charge is 0.341 e. The van der Waals surface area contributed by atoms with Gasteiger partial charge in [0.15, 0.2) is 0 Å². The first-order valence-electron chi connectivity index (χ1n) is 9.13. The Labute approximate surface area is 170 Å². The number of benzene rings is 2. The van der Waals surface area contributed by atoms with Gasteiger partial charge in [-0.1, -0.05) is 0 Å². The molecular formula is C21H16F2O6S. The van der Waals surface area contributed by atoms with Gasteiger partial charge in [-0.3, -0.25) is 0 Å². The Morgan fingerprint density at radius 3 is 2.40 bits per heavy atom. The topological polar surface area (TPSA) is 90.7 Å². The maximum atomic E-state index is 12.6. The van der Waals surface area contributed by atoms with Crippen LogP contribution in [0.3, 0.4) is 0 Å². The van der Waals surface area contributed by atoms with Crippen LogP contribution in [0, 0.1) is 0 Å². The van der Waals surface area contributed by atoms with E-state index in [2.05, 4.69) is 0 Å². The molecule has 6 nitrogen and oxygen atoms in total. The van der Waals surface area contributed by atoms with Crippen molar-refractivity contribution in [3.05, 3.63) is 75.1 Å². The standard InChI is InChI=1S/C21H16F2O6S/c22-21(23)30(26,27)16-6-4-12(5-7-16)20(25)28-11-15-10-19(24)29-18-9-14-3-1-2-13(14)8-17(15)18/h4-10,21H,1-3,11H2. The Morgan fingerprint density at radius 2 is 1.73 bits per heavy atom. The summed E-state index contributed by atoms with van der Waals surface area (Å²) in [5.41, 5.74) is 2.65. The molecule has 4 rings (SSSR count). The molecule has 0 aliphatic heterocycles. The summed E-state index contributed by atoms with van der Waals surface area (Å²) in [6.45, 7) is -0.198. The number of sulfone groups is 1. The molecule has 2 aromatic carbocycles. The molecule has 1 aliphatic carbocycles. The fourth-order valence-electron chi connectivity index (χ4n) is 3.52. The Hall–Kier alpha value is -3.07. The van der Waals surface area contributed by atoms with E-state index in [1.807, 2.05) is 12.1 Å². The van der Waals surface area contributed by atoms with E-state index in [9.17, 15) is 26.8 Å². The van der Waals surface area contributed by atoms with Crippen LogP contribution in [0.15, 0.2) is 56.6 Å². The third-order valence-electron chi connectivity index (χ3n) is 5.05. The number of carbonyl (C=O) groups excluding carboxylic acids is 1. The molecule has 0 saturated carbocycles. The predicted molar refractivity (Wildman–Crippen MR) is 103 cm³/mol. The second-order valence-electron chi connectivity index (χ2n) is 6.97. The maximum Gasteiger partial charge on any atom is 0.341 e. The fourth-order valence-corrected chi connectivity index (χ4v) is 4.25. The fraction of sp³-hybridized carbons (Fsp3) is 0.238. The summed E-state index contributed by atoms with van der Waals surface area (Å²) < 4.78 is 58.6. The number of carbonyl (C=O) groups is 1. The van der Waals surface area contributed by atoms with Crippen molar-refractivity contribution >= 4 is 26.8 Å². The van der Waals surface area contributed by atoms with Crippen LogP contribution in [0.25, 0.3) is 11.0 Å². The van der Waals surface area contributed by atoms with Gasteiger partial charge in [-0.25, -0.2) is 18.0 Å². The van der Waals surface area contributed by atoms with Gasteiger partial charge in [0.25, 0.3) is 0 Å². The van der Waals surface area contributed by atoms with Gasteiger partial charge in [0.1, 0.15) is 12.2 Å². The van der Waals surface area contributed by atoms with Crippen LogP contribution in [0.2, 0.25) is 0 Å². The van der Waals surface area contributed by atoms with Crippen molar-refractivity contribution in [1.82, 2.24) is 0 Å². The monoisotopic (exact) mass is 434 g/mol. The lowest BCUT2D eigenvalue weighted by Crippen LogP contribution is -2.12. The van der Waals surface area contributed by atoms with Crippen LogP contribution in [-0.2, 0) is 34.0 Å². The summed E-state index contributed by atoms with van der Waals surface area (Å²) in [6, 6.07) is 9.08. The SMILES string of the molecule is O=C(OCc1cc(=O)oc2cc3c(cc12)CCC3)c1ccc(S(=O)(=O)C(F)F)cc1. The van der Waals surface area contributed by atoms with Gasteiger partial charge in [-0.15, -0.1) is 0 Å². The molecule has 1 aromatic heterocycles. The number of aryl methyl sites for hydroxylation is 2. The first kappa shape index (κ1) is 20.2. The zero-order valence-electron chi connectivity index (χ0n) is 15.6. The highest BCUT2D eigenvalue weighted by Gasteiger charge is 2.26. The Morgan fingerprint density at radius 1 is 1.07 bits per heavy atom. The van der Waals surface area contributed by atoms with Crippen molar-refractivity contribution in [1.29, 1.82) is 0 Å². The van der Waals surface area contributed by atoms with Gasteiger partial charge in [-0.2, -0.15) is 8.78 Å². The molecule has 1 heterocycles.